The fourth-order valence-corrected chi connectivity index (χ4v) is 6.75. The number of carbonyl (C=O) groups is 7. The maximum atomic E-state index is 13.2. The summed E-state index contributed by atoms with van der Waals surface area (Å²) < 4.78 is 0. The van der Waals surface area contributed by atoms with Gasteiger partial charge in [-0.05, 0) is 55.0 Å². The Morgan fingerprint density at radius 2 is 1.25 bits per heavy atom. The minimum absolute atomic E-state index is 0.0296. The zero-order valence-corrected chi connectivity index (χ0v) is 35.3. The van der Waals surface area contributed by atoms with Gasteiger partial charge < -0.3 is 47.1 Å². The molecule has 346 valence electrons. The smallest absolute Gasteiger partial charge is 0.326 e. The van der Waals surface area contributed by atoms with E-state index in [0.29, 0.717) is 68.6 Å². The van der Waals surface area contributed by atoms with Crippen molar-refractivity contribution >= 4 is 76.1 Å². The van der Waals surface area contributed by atoms with E-state index >= 15 is 0 Å². The minimum atomic E-state index is -1.37. The topological polar surface area (TPSA) is 339 Å². The summed E-state index contributed by atoms with van der Waals surface area (Å²) in [6.45, 7) is 2.50. The molecule has 1 unspecified atom stereocenters. The standard InChI is InChI=1S/C41H51N13O11/c42-41-49-37-36(39(63)50-41)47-30(22-44-37)21-43-27-3-1-26(2-4-27)38(62)48-31(40(64)65)9-10-32(56)45-28-5-7-29(8-6-28)46-33(57)23-52-13-11-51(19-20-55)12-14-53(24-34(58)59)17-18-54(16-15-52)25-35(60)61/h1-8,20,22,31,43H,9-19,21,23-25H2,(H,45,56)(H,46,57)(H,48,62)(H,58,59)(H,60,61)(H,64,65)(H3,42,44,49,50,63). The molecule has 10 N–H and O–H groups in total. The molecule has 0 spiro atoms. The van der Waals surface area contributed by atoms with Crippen LogP contribution in [0.25, 0.3) is 11.2 Å². The van der Waals surface area contributed by atoms with Crippen LogP contribution in [0.3, 0.4) is 0 Å². The normalized spacial score (nSPS) is 15.1. The SMILES string of the molecule is Nc1nc2ncc(CNc3ccc(C(=O)NC(CCC(=O)Nc4ccc(NC(=O)CN5CCN(CC=O)CCN(CC(=O)O)CCN(CC(=O)O)CC5)cc4)C(=O)O)cc3)nc2c(=O)[nH]1. The molecule has 24 heteroatoms. The van der Waals surface area contributed by atoms with E-state index in [0.717, 1.165) is 6.29 Å². The number of nitrogens with two attached hydrogens (primary N) is 1. The fourth-order valence-electron chi connectivity index (χ4n) is 6.75. The molecule has 0 radical (unpaired) electrons. The van der Waals surface area contributed by atoms with Crippen LogP contribution in [-0.2, 0) is 35.3 Å². The molecule has 1 fully saturated rings. The second-order valence-electron chi connectivity index (χ2n) is 15.1. The van der Waals surface area contributed by atoms with Gasteiger partial charge >= 0.3 is 17.9 Å². The largest absolute Gasteiger partial charge is 0.480 e. The van der Waals surface area contributed by atoms with Gasteiger partial charge in [0.05, 0.1) is 44.6 Å². The number of H-pyrrole nitrogens is 1. The quantitative estimate of drug-likeness (QED) is 0.0512. The number of benzene rings is 2. The number of nitrogen functional groups attached to an aromatic ring is 1. The van der Waals surface area contributed by atoms with Crippen LogP contribution in [0.1, 0.15) is 28.9 Å². The van der Waals surface area contributed by atoms with Gasteiger partial charge in [-0.2, -0.15) is 4.98 Å². The molecule has 65 heavy (non-hydrogen) atoms. The number of aldehydes is 1. The number of aromatic nitrogens is 4. The van der Waals surface area contributed by atoms with Crippen LogP contribution >= 0.6 is 0 Å². The van der Waals surface area contributed by atoms with Crippen molar-refractivity contribution in [2.75, 3.05) is 100 Å². The number of carbonyl (C=O) groups excluding carboxylic acids is 4. The van der Waals surface area contributed by atoms with Crippen molar-refractivity contribution in [2.24, 2.45) is 0 Å². The van der Waals surface area contributed by atoms with Gasteiger partial charge in [-0.25, -0.2) is 14.8 Å². The lowest BCUT2D eigenvalue weighted by molar-refractivity contribution is -0.140. The van der Waals surface area contributed by atoms with Gasteiger partial charge in [0.2, 0.25) is 17.8 Å². The number of aromatic amines is 1. The first-order valence-corrected chi connectivity index (χ1v) is 20.5. The second kappa shape index (κ2) is 23.9. The van der Waals surface area contributed by atoms with E-state index in [4.69, 9.17) is 5.73 Å². The predicted molar refractivity (Wildman–Crippen MR) is 235 cm³/mol. The van der Waals surface area contributed by atoms with Crippen LogP contribution in [0.5, 0.6) is 0 Å². The van der Waals surface area contributed by atoms with Crippen LogP contribution < -0.4 is 32.6 Å². The Hall–Kier alpha value is -7.41. The number of aliphatic carboxylic acids is 3. The molecule has 4 aromatic rings. The number of anilines is 4. The Labute approximate surface area is 371 Å². The first-order chi connectivity index (χ1) is 31.1. The number of fused-ring (bicyclic) bond motifs is 1. The van der Waals surface area contributed by atoms with E-state index < -0.39 is 41.3 Å². The summed E-state index contributed by atoms with van der Waals surface area (Å²) in [4.78, 5) is 119. The number of hydrogen-bond donors (Lipinski definition) is 9. The summed E-state index contributed by atoms with van der Waals surface area (Å²) in [5, 5.41) is 39.6. The number of rotatable bonds is 19. The summed E-state index contributed by atoms with van der Waals surface area (Å²) in [5.41, 5.74) is 7.17. The Morgan fingerprint density at radius 1 is 0.723 bits per heavy atom. The van der Waals surface area contributed by atoms with Gasteiger partial charge in [0, 0.05) is 81.4 Å². The van der Waals surface area contributed by atoms with E-state index in [2.05, 4.69) is 41.2 Å². The average Bonchev–Trinajstić information content (AvgIpc) is 3.25. The van der Waals surface area contributed by atoms with Crippen molar-refractivity contribution in [3.05, 3.63) is 76.3 Å². The number of amides is 3. The van der Waals surface area contributed by atoms with Crippen molar-refractivity contribution < 1.29 is 48.9 Å². The molecule has 3 amide bonds. The predicted octanol–water partition coefficient (Wildman–Crippen LogP) is -0.962. The highest BCUT2D eigenvalue weighted by Gasteiger charge is 2.23. The van der Waals surface area contributed by atoms with Gasteiger partial charge in [-0.1, -0.05) is 0 Å². The molecular formula is C41H51N13O11. The van der Waals surface area contributed by atoms with Crippen LogP contribution in [0, 0.1) is 0 Å². The zero-order chi connectivity index (χ0) is 46.9. The van der Waals surface area contributed by atoms with Gasteiger partial charge in [-0.15, -0.1) is 0 Å². The van der Waals surface area contributed by atoms with Crippen molar-refractivity contribution in [3.8, 4) is 0 Å². The summed E-state index contributed by atoms with van der Waals surface area (Å²) in [5.74, 6) is -4.99. The average molecular weight is 902 g/mol. The van der Waals surface area contributed by atoms with E-state index in [1.807, 2.05) is 9.80 Å². The Bertz CT molecular complexity index is 2380. The maximum absolute atomic E-state index is 13.2. The maximum Gasteiger partial charge on any atom is 0.326 e. The van der Waals surface area contributed by atoms with E-state index in [1.165, 1.54) is 18.3 Å². The molecule has 1 aliphatic rings. The monoisotopic (exact) mass is 901 g/mol. The zero-order valence-electron chi connectivity index (χ0n) is 35.3. The first-order valence-electron chi connectivity index (χ1n) is 20.5. The van der Waals surface area contributed by atoms with Crippen molar-refractivity contribution in [1.82, 2.24) is 44.9 Å². The van der Waals surface area contributed by atoms with Crippen LogP contribution in [0.4, 0.5) is 23.0 Å². The minimum Gasteiger partial charge on any atom is -0.480 e. The highest BCUT2D eigenvalue weighted by Crippen LogP contribution is 2.16. The molecule has 1 aliphatic heterocycles. The van der Waals surface area contributed by atoms with Gasteiger partial charge in [0.15, 0.2) is 11.2 Å². The number of carboxylic acid groups (broad SMARTS) is 3. The lowest BCUT2D eigenvalue weighted by Crippen LogP contribution is -2.49. The second-order valence-corrected chi connectivity index (χ2v) is 15.1. The molecule has 2 aromatic heterocycles. The Morgan fingerprint density at radius 3 is 1.78 bits per heavy atom. The highest BCUT2D eigenvalue weighted by molar-refractivity contribution is 5.97. The molecule has 0 aliphatic carbocycles. The highest BCUT2D eigenvalue weighted by atomic mass is 16.4. The molecular weight excluding hydrogens is 851 g/mol. The number of hydrogen-bond acceptors (Lipinski definition) is 17. The van der Waals surface area contributed by atoms with Crippen LogP contribution in [0.15, 0.2) is 59.5 Å². The molecule has 3 heterocycles. The van der Waals surface area contributed by atoms with Crippen LogP contribution in [-0.4, -0.2) is 181 Å². The molecule has 0 saturated carbocycles. The van der Waals surface area contributed by atoms with Gasteiger partial charge in [-0.3, -0.25) is 53.4 Å². The van der Waals surface area contributed by atoms with Crippen molar-refractivity contribution in [2.45, 2.75) is 25.4 Å². The Balaban J connectivity index is 1.08. The lowest BCUT2D eigenvalue weighted by atomic mass is 10.1. The summed E-state index contributed by atoms with van der Waals surface area (Å²) in [6.07, 6.45) is 1.75. The molecule has 1 atom stereocenters. The fraction of sp³-hybridized carbons (Fsp3) is 0.390. The Kier molecular flexibility index (Phi) is 17.9. The summed E-state index contributed by atoms with van der Waals surface area (Å²) in [7, 11) is 0. The summed E-state index contributed by atoms with van der Waals surface area (Å²) >= 11 is 0. The molecule has 0 bridgehead atoms. The van der Waals surface area contributed by atoms with Gasteiger partial charge in [0.25, 0.3) is 11.5 Å². The third-order valence-electron chi connectivity index (χ3n) is 10.2. The van der Waals surface area contributed by atoms with Crippen LogP contribution in [0.2, 0.25) is 0 Å². The first kappa shape index (κ1) is 48.6. The van der Waals surface area contributed by atoms with Crippen molar-refractivity contribution in [1.29, 1.82) is 0 Å². The lowest BCUT2D eigenvalue weighted by Gasteiger charge is -2.32. The molecule has 1 saturated heterocycles. The van der Waals surface area contributed by atoms with Gasteiger partial charge in [0.1, 0.15) is 12.3 Å². The van der Waals surface area contributed by atoms with E-state index in [9.17, 15) is 53.7 Å². The van der Waals surface area contributed by atoms with Crippen molar-refractivity contribution in [3.63, 3.8) is 0 Å². The molecule has 5 rings (SSSR count). The third kappa shape index (κ3) is 16.0. The van der Waals surface area contributed by atoms with E-state index in [1.54, 1.807) is 46.2 Å². The molecule has 2 aromatic carbocycles. The summed E-state index contributed by atoms with van der Waals surface area (Å²) in [6, 6.07) is 11.1. The third-order valence-corrected chi connectivity index (χ3v) is 10.2. The molecule has 24 nitrogen and oxygen atoms in total. The number of nitrogens with one attached hydrogen (secondary N) is 5. The number of carboxylic acids is 3. The number of nitrogens with zero attached hydrogens (tertiary/aromatic N) is 7. The van der Waals surface area contributed by atoms with E-state index in [-0.39, 0.29) is 80.7 Å².